The number of benzene rings is 3. The molecule has 7 rings (SSSR count). The van der Waals surface area contributed by atoms with Gasteiger partial charge in [0.15, 0.2) is 23.3 Å². The summed E-state index contributed by atoms with van der Waals surface area (Å²) in [5.74, 6) is 2.81. The van der Waals surface area contributed by atoms with Crippen molar-refractivity contribution in [2.75, 3.05) is 10.2 Å². The fraction of sp³-hybridized carbons (Fsp3) is 0.0968. The molecule has 0 radical (unpaired) electrons. The van der Waals surface area contributed by atoms with Gasteiger partial charge in [-0.1, -0.05) is 54.1 Å². The molecule has 1 N–H and O–H groups in total. The summed E-state index contributed by atoms with van der Waals surface area (Å²) in [4.78, 5) is 17.1. The van der Waals surface area contributed by atoms with E-state index in [1.807, 2.05) is 72.3 Å². The quantitative estimate of drug-likeness (QED) is 0.265. The Hall–Kier alpha value is -4.75. The highest BCUT2D eigenvalue weighted by molar-refractivity contribution is 6.51. The van der Waals surface area contributed by atoms with Crippen molar-refractivity contribution in [2.24, 2.45) is 9.98 Å². The molecule has 0 saturated heterocycles. The summed E-state index contributed by atoms with van der Waals surface area (Å²) in [6, 6.07) is 30.0. The number of amidine groups is 2. The van der Waals surface area contributed by atoms with E-state index < -0.39 is 0 Å². The molecule has 2 aromatic heterocycles. The number of hydrogen-bond acceptors (Lipinski definition) is 6. The number of halogens is 1. The Kier molecular flexibility index (Phi) is 5.52. The highest BCUT2D eigenvalue weighted by Crippen LogP contribution is 2.48. The van der Waals surface area contributed by atoms with Crippen LogP contribution in [0.5, 0.6) is 0 Å². The van der Waals surface area contributed by atoms with Gasteiger partial charge in [0.1, 0.15) is 0 Å². The van der Waals surface area contributed by atoms with E-state index in [2.05, 4.69) is 52.5 Å². The molecule has 0 aliphatic carbocycles. The van der Waals surface area contributed by atoms with Crippen molar-refractivity contribution in [1.82, 2.24) is 14.8 Å². The normalized spacial score (nSPS) is 15.6. The summed E-state index contributed by atoms with van der Waals surface area (Å²) in [5, 5.41) is 9.16. The molecule has 2 aliphatic heterocycles. The number of nitrogens with zero attached hydrogens (tertiary/aromatic N) is 6. The van der Waals surface area contributed by atoms with Gasteiger partial charge in [-0.3, -0.25) is 0 Å². The van der Waals surface area contributed by atoms with Gasteiger partial charge in [0, 0.05) is 22.5 Å². The van der Waals surface area contributed by atoms with Crippen LogP contribution in [0.15, 0.2) is 107 Å². The first kappa shape index (κ1) is 23.4. The maximum atomic E-state index is 6.32. The Morgan fingerprint density at radius 1 is 0.846 bits per heavy atom. The van der Waals surface area contributed by atoms with Crippen molar-refractivity contribution in [2.45, 2.75) is 19.9 Å². The lowest BCUT2D eigenvalue weighted by Gasteiger charge is -2.40. The van der Waals surface area contributed by atoms with Crippen LogP contribution in [0.4, 0.5) is 22.9 Å². The number of hydrogen-bond donors (Lipinski definition) is 1. The van der Waals surface area contributed by atoms with Gasteiger partial charge < -0.3 is 10.2 Å². The van der Waals surface area contributed by atoms with Gasteiger partial charge >= 0.3 is 0 Å². The summed E-state index contributed by atoms with van der Waals surface area (Å²) in [6.07, 6.45) is 1.76. The van der Waals surface area contributed by atoms with E-state index in [-0.39, 0.29) is 6.04 Å². The fourth-order valence-corrected chi connectivity index (χ4v) is 5.38. The molecule has 4 heterocycles. The molecule has 1 atom stereocenters. The lowest BCUT2D eigenvalue weighted by molar-refractivity contribution is 0.810. The number of aromatic nitrogens is 3. The van der Waals surface area contributed by atoms with Crippen molar-refractivity contribution in [1.29, 1.82) is 0 Å². The molecule has 190 valence electrons. The van der Waals surface area contributed by atoms with Crippen molar-refractivity contribution in [3.8, 4) is 5.82 Å². The second-order valence-electron chi connectivity index (χ2n) is 9.63. The van der Waals surface area contributed by atoms with Gasteiger partial charge in [-0.15, -0.1) is 0 Å². The molecule has 2 aliphatic rings. The van der Waals surface area contributed by atoms with E-state index in [4.69, 9.17) is 26.7 Å². The van der Waals surface area contributed by atoms with Crippen LogP contribution >= 0.6 is 11.6 Å². The predicted octanol–water partition coefficient (Wildman–Crippen LogP) is 7.33. The molecule has 0 amide bonds. The first-order valence-corrected chi connectivity index (χ1v) is 13.1. The number of fused-ring (bicyclic) bond motifs is 4. The SMILES string of the molecule is Cc1cccc(NC2=Nc3ccccc3N3C2=Nc2c(c(C)nn2-c2ccccn2)[C@H]3c2ccc(Cl)cc2)c1. The van der Waals surface area contributed by atoms with E-state index in [0.29, 0.717) is 22.5 Å². The minimum Gasteiger partial charge on any atom is -0.337 e. The number of aliphatic imine (C=N–C) groups is 2. The Morgan fingerprint density at radius 3 is 2.46 bits per heavy atom. The van der Waals surface area contributed by atoms with Crippen LogP contribution in [0.2, 0.25) is 5.02 Å². The number of pyridine rings is 1. The molecule has 8 heteroatoms. The van der Waals surface area contributed by atoms with E-state index in [1.165, 1.54) is 0 Å². The molecule has 0 spiro atoms. The van der Waals surface area contributed by atoms with E-state index in [1.54, 1.807) is 6.20 Å². The highest BCUT2D eigenvalue weighted by Gasteiger charge is 2.41. The average molecular weight is 530 g/mol. The molecular weight excluding hydrogens is 506 g/mol. The Bertz CT molecular complexity index is 1770. The molecule has 0 fully saturated rings. The highest BCUT2D eigenvalue weighted by atomic mass is 35.5. The summed E-state index contributed by atoms with van der Waals surface area (Å²) in [5.41, 5.74) is 6.90. The van der Waals surface area contributed by atoms with Crippen molar-refractivity contribution >= 4 is 46.2 Å². The largest absolute Gasteiger partial charge is 0.337 e. The molecule has 0 saturated carbocycles. The summed E-state index contributed by atoms with van der Waals surface area (Å²) in [7, 11) is 0. The third-order valence-corrected chi connectivity index (χ3v) is 7.22. The van der Waals surface area contributed by atoms with E-state index in [0.717, 1.165) is 45.3 Å². The smallest absolute Gasteiger partial charge is 0.179 e. The molecule has 3 aromatic carbocycles. The summed E-state index contributed by atoms with van der Waals surface area (Å²) in [6.45, 7) is 4.10. The van der Waals surface area contributed by atoms with E-state index in [9.17, 15) is 0 Å². The zero-order valence-corrected chi connectivity index (χ0v) is 22.1. The number of para-hydroxylation sites is 2. The van der Waals surface area contributed by atoms with Gasteiger partial charge in [0.2, 0.25) is 0 Å². The number of aryl methyl sites for hydroxylation is 2. The van der Waals surface area contributed by atoms with Crippen LogP contribution < -0.4 is 10.2 Å². The van der Waals surface area contributed by atoms with Crippen molar-refractivity contribution in [3.05, 3.63) is 125 Å². The van der Waals surface area contributed by atoms with Crippen LogP contribution in [-0.2, 0) is 0 Å². The predicted molar refractivity (Wildman–Crippen MR) is 157 cm³/mol. The minimum atomic E-state index is -0.215. The van der Waals surface area contributed by atoms with Crippen LogP contribution in [0, 0.1) is 13.8 Å². The Morgan fingerprint density at radius 2 is 1.67 bits per heavy atom. The van der Waals surface area contributed by atoms with Gasteiger partial charge in [-0.2, -0.15) is 9.78 Å². The molecule has 39 heavy (non-hydrogen) atoms. The fourth-order valence-electron chi connectivity index (χ4n) is 5.26. The van der Waals surface area contributed by atoms with Crippen LogP contribution in [0.25, 0.3) is 5.82 Å². The number of anilines is 2. The first-order valence-electron chi connectivity index (χ1n) is 12.7. The Labute approximate surface area is 231 Å². The van der Waals surface area contributed by atoms with Crippen molar-refractivity contribution < 1.29 is 0 Å². The lowest BCUT2D eigenvalue weighted by atomic mass is 9.93. The van der Waals surface area contributed by atoms with Gasteiger partial charge in [0.05, 0.1) is 23.1 Å². The molecule has 0 unspecified atom stereocenters. The number of nitrogens with one attached hydrogen (secondary N) is 1. The molecule has 0 bridgehead atoms. The third kappa shape index (κ3) is 3.99. The maximum absolute atomic E-state index is 6.32. The van der Waals surface area contributed by atoms with Crippen LogP contribution in [-0.4, -0.2) is 26.4 Å². The van der Waals surface area contributed by atoms with Crippen molar-refractivity contribution in [3.63, 3.8) is 0 Å². The number of rotatable bonds is 3. The maximum Gasteiger partial charge on any atom is 0.179 e. The van der Waals surface area contributed by atoms with Crippen LogP contribution in [0.3, 0.4) is 0 Å². The lowest BCUT2D eigenvalue weighted by Crippen LogP contribution is -2.46. The van der Waals surface area contributed by atoms with Gasteiger partial charge in [0.25, 0.3) is 0 Å². The second kappa shape index (κ2) is 9.22. The molecule has 5 aromatic rings. The zero-order valence-electron chi connectivity index (χ0n) is 21.4. The molecular formula is C31H24ClN7. The zero-order chi connectivity index (χ0) is 26.5. The Balaban J connectivity index is 1.50. The first-order chi connectivity index (χ1) is 19.1. The monoisotopic (exact) mass is 529 g/mol. The van der Waals surface area contributed by atoms with E-state index >= 15 is 0 Å². The topological polar surface area (TPSA) is 70.7 Å². The second-order valence-corrected chi connectivity index (χ2v) is 10.1. The standard InChI is InChI=1S/C31H24ClN7/c1-19-8-7-9-23(18-19)34-29-31-36-30-27(20(2)37-39(30)26-12-5-6-17-33-26)28(21-13-15-22(32)16-14-21)38(31)25-11-4-3-10-24(25)35-29/h3-18,28H,1-2H3,(H,34,35)/t28-/m1/s1. The van der Waals surface area contributed by atoms with Gasteiger partial charge in [-0.05, 0) is 73.5 Å². The van der Waals surface area contributed by atoms with Gasteiger partial charge in [-0.25, -0.2) is 15.0 Å². The average Bonchev–Trinajstić information content (AvgIpc) is 3.29. The summed E-state index contributed by atoms with van der Waals surface area (Å²) >= 11 is 6.32. The minimum absolute atomic E-state index is 0.215. The summed E-state index contributed by atoms with van der Waals surface area (Å²) < 4.78 is 1.82. The van der Waals surface area contributed by atoms with Crippen LogP contribution in [0.1, 0.15) is 28.4 Å². The molecule has 7 nitrogen and oxygen atoms in total. The third-order valence-electron chi connectivity index (χ3n) is 6.97.